The second kappa shape index (κ2) is 33.9. The van der Waals surface area contributed by atoms with Crippen LogP contribution in [0.2, 0.25) is 0 Å². The number of rotatable bonds is 7. The summed E-state index contributed by atoms with van der Waals surface area (Å²) in [7, 11) is 4.56. The Kier molecular flexibility index (Phi) is 28.2. The zero-order valence-corrected chi connectivity index (χ0v) is 48.2. The lowest BCUT2D eigenvalue weighted by Crippen LogP contribution is -2.45. The number of nitro benzene ring substituents is 2. The standard InChI is InChI=1S/C9H9F3N4O3.C9H8F3N4O3.C9H11N3.C7H7F3O.C7H6F3O.C7H5F3O.C6H6.H3NO/c2*1-5-3-6-8(7(4-5)16(17)18)14(2)13-15(6)19-9(10,11)12;1-6-4-7(2)9-8(5-6)10-11-12(9)3;3*8-7(9,10)11-6-4-2-1-3-5-6;1-2-4-6-5-3-1;1-2/h3-4,13H,1-2H3;3-4H,1-2H3;4-5H,1-3H3;1-4,6H,5H2;1-6H;1-5H;1-6H;2H,1H2/q;+1;;;+1;;;/t;;;6-;;;;/m...0..../s1. The first-order valence-corrected chi connectivity index (χ1v) is 25.3. The fourth-order valence-corrected chi connectivity index (χ4v) is 7.66. The highest BCUT2D eigenvalue weighted by Gasteiger charge is 2.42. The zero-order chi connectivity index (χ0) is 68.7. The summed E-state index contributed by atoms with van der Waals surface area (Å²) in [5, 5.41) is 41.2. The number of nitro groups is 2. The van der Waals surface area contributed by atoms with Gasteiger partial charge >= 0.3 is 37.5 Å². The number of halogens is 15. The number of hydrazine groups is 2. The summed E-state index contributed by atoms with van der Waals surface area (Å²) in [5.74, 6) is 3.31. The topological polar surface area (TPSA) is 250 Å². The lowest BCUT2D eigenvalue weighted by atomic mass is 10.1. The predicted molar refractivity (Wildman–Crippen MR) is 295 cm³/mol. The number of non-ortho nitro benzene ring substituents is 1. The number of aryl methyl sites for hydroxylation is 6. The summed E-state index contributed by atoms with van der Waals surface area (Å²) in [6, 6.07) is 28.4. The number of ether oxygens (including phenoxy) is 3. The molecule has 3 aliphatic rings. The Bertz CT molecular complexity index is 3490. The van der Waals surface area contributed by atoms with E-state index >= 15 is 0 Å². The van der Waals surface area contributed by atoms with Crippen LogP contribution in [0.3, 0.4) is 0 Å². The molecule has 0 amide bonds. The number of hydrogen-bond donors (Lipinski definition) is 3. The van der Waals surface area contributed by atoms with Crippen LogP contribution in [0.5, 0.6) is 5.75 Å². The second-order valence-electron chi connectivity index (χ2n) is 18.1. The molecule has 0 radical (unpaired) electrons. The van der Waals surface area contributed by atoms with Crippen molar-refractivity contribution in [3.63, 3.8) is 0 Å². The first kappa shape index (κ1) is 75.7. The largest absolute Gasteiger partial charge is 0.610 e. The van der Waals surface area contributed by atoms with E-state index in [4.69, 9.17) is 5.21 Å². The van der Waals surface area contributed by atoms with Gasteiger partial charge in [-0.25, -0.2) is 15.4 Å². The van der Waals surface area contributed by atoms with Gasteiger partial charge in [0.25, 0.3) is 16.7 Å². The zero-order valence-electron chi connectivity index (χ0n) is 48.2. The minimum Gasteiger partial charge on any atom is -0.406 e. The van der Waals surface area contributed by atoms with Gasteiger partial charge < -0.3 is 9.94 Å². The van der Waals surface area contributed by atoms with Gasteiger partial charge in [-0.2, -0.15) is 10.0 Å². The van der Waals surface area contributed by atoms with Gasteiger partial charge in [-0.05, 0) is 92.8 Å². The first-order chi connectivity index (χ1) is 42.3. The van der Waals surface area contributed by atoms with E-state index in [1.165, 1.54) is 118 Å². The number of allylic oxidation sites excluding steroid dienone is 4. The molecule has 0 unspecified atom stereocenters. The lowest BCUT2D eigenvalue weighted by Gasteiger charge is -2.19. The van der Waals surface area contributed by atoms with Gasteiger partial charge in [0.05, 0.1) is 44.9 Å². The van der Waals surface area contributed by atoms with Crippen molar-refractivity contribution in [2.75, 3.05) is 17.2 Å². The number of anilines is 2. The number of para-hydroxylation sites is 1. The van der Waals surface area contributed by atoms with E-state index in [9.17, 15) is 86.1 Å². The van der Waals surface area contributed by atoms with E-state index in [2.05, 4.69) is 76.8 Å². The van der Waals surface area contributed by atoms with Crippen LogP contribution in [0.25, 0.3) is 22.1 Å². The molecule has 1 aliphatic heterocycles. The quantitative estimate of drug-likeness (QED) is 0.0441. The highest BCUT2D eigenvalue weighted by molar-refractivity contribution is 5.83. The summed E-state index contributed by atoms with van der Waals surface area (Å²) in [6.45, 7) is 7.22. The van der Waals surface area contributed by atoms with Crippen LogP contribution in [0.1, 0.15) is 28.7 Å². The lowest BCUT2D eigenvalue weighted by molar-refractivity contribution is -0.713. The van der Waals surface area contributed by atoms with Crippen molar-refractivity contribution < 1.29 is 109 Å². The third-order valence-electron chi connectivity index (χ3n) is 10.7. The summed E-state index contributed by atoms with van der Waals surface area (Å²) < 4.78 is 191. The van der Waals surface area contributed by atoms with Crippen molar-refractivity contribution >= 4 is 44.8 Å². The van der Waals surface area contributed by atoms with E-state index in [-0.39, 0.29) is 50.8 Å². The van der Waals surface area contributed by atoms with Gasteiger partial charge in [0.2, 0.25) is 0 Å². The number of aromatic nitrogens is 6. The second-order valence-corrected chi connectivity index (χ2v) is 18.1. The maximum absolute atomic E-state index is 12.2. The van der Waals surface area contributed by atoms with Gasteiger partial charge in [0, 0.05) is 32.3 Å². The van der Waals surface area contributed by atoms with Crippen LogP contribution in [-0.2, 0) is 28.4 Å². The van der Waals surface area contributed by atoms with Gasteiger partial charge in [-0.3, -0.25) is 34.7 Å². The highest BCUT2D eigenvalue weighted by Crippen LogP contribution is 2.42. The van der Waals surface area contributed by atoms with Crippen molar-refractivity contribution in [3.8, 4) is 5.75 Å². The van der Waals surface area contributed by atoms with Crippen molar-refractivity contribution in [2.45, 2.75) is 78.1 Å². The molecule has 2 atom stereocenters. The molecule has 5 aromatic carbocycles. The number of hydrogen-bond acceptors (Lipinski definition) is 17. The SMILES string of the molecule is Cc1cc(C)c2c(c1)nnn2C.Cc1cc([N+](=O)[O-])c2c(c1)n(OC(F)(F)F)n[n+]2C.Cc1cc2c(c([N+](=O)[O-])c1)N(C)NN2OC(F)(F)F.FC(F)(F)O[C@H]1C=CC=CC1.FC(F)(F)O[C@H]1C=CC=C[CH+]1.FC(F)(F)Oc1ccccc1.NO.c1ccccc1. The molecule has 0 bridgehead atoms. The number of benzene rings is 5. The Balaban J connectivity index is 0.000000282. The van der Waals surface area contributed by atoms with E-state index in [0.29, 0.717) is 16.3 Å². The fraction of sp³-hybridized carbons (Fsp3) is 0.278. The van der Waals surface area contributed by atoms with Crippen molar-refractivity contribution in [3.05, 3.63) is 201 Å². The molecule has 0 saturated carbocycles. The number of fused-ring (bicyclic) bond motifs is 3. The normalized spacial score (nSPS) is 14.7. The Morgan fingerprint density at radius 3 is 1.68 bits per heavy atom. The third-order valence-corrected chi connectivity index (χ3v) is 10.7. The molecule has 0 saturated heterocycles. The molecule has 10 rings (SSSR count). The molecule has 2 aliphatic carbocycles. The van der Waals surface area contributed by atoms with Crippen LogP contribution >= 0.6 is 0 Å². The van der Waals surface area contributed by atoms with Crippen LogP contribution in [0, 0.1) is 54.3 Å². The van der Waals surface area contributed by atoms with Gasteiger partial charge in [-0.1, -0.05) is 90.2 Å². The van der Waals surface area contributed by atoms with Crippen molar-refractivity contribution in [1.82, 2.24) is 30.6 Å². The van der Waals surface area contributed by atoms with Crippen molar-refractivity contribution in [1.29, 1.82) is 0 Å². The van der Waals surface area contributed by atoms with Crippen LogP contribution < -0.4 is 35.9 Å². The molecule has 91 heavy (non-hydrogen) atoms. The number of nitrogens with zero attached hydrogens (tertiary/aromatic N) is 10. The average molecular weight is 1320 g/mol. The molecular weight excluding hydrogens is 1260 g/mol. The minimum atomic E-state index is -4.94. The van der Waals surface area contributed by atoms with E-state index < -0.39 is 53.9 Å². The van der Waals surface area contributed by atoms with Crippen LogP contribution in [-0.4, -0.2) is 91.2 Å². The smallest absolute Gasteiger partial charge is 0.406 e. The summed E-state index contributed by atoms with van der Waals surface area (Å²) >= 11 is 0. The van der Waals surface area contributed by atoms with Crippen LogP contribution in [0.4, 0.5) is 88.6 Å². The molecule has 494 valence electrons. The Morgan fingerprint density at radius 1 is 0.659 bits per heavy atom. The number of nitrogens with two attached hydrogens (primary N) is 1. The van der Waals surface area contributed by atoms with E-state index in [1.807, 2.05) is 48.1 Å². The van der Waals surface area contributed by atoms with E-state index in [0.717, 1.165) is 20.7 Å². The summed E-state index contributed by atoms with van der Waals surface area (Å²) in [6.07, 6.45) is -11.5. The number of alkyl halides is 15. The van der Waals surface area contributed by atoms with Gasteiger partial charge in [-0.15, -0.1) is 81.2 Å². The Morgan fingerprint density at radius 2 is 1.19 bits per heavy atom. The van der Waals surface area contributed by atoms with Gasteiger partial charge in [0.1, 0.15) is 29.2 Å². The molecule has 2 aromatic heterocycles. The summed E-state index contributed by atoms with van der Waals surface area (Å²) in [5.41, 5.74) is 6.75. The molecular formula is C54H55F15N12O10+2. The monoisotopic (exact) mass is 1320 g/mol. The molecule has 7 aromatic rings. The predicted octanol–water partition coefficient (Wildman–Crippen LogP) is 12.9. The maximum atomic E-state index is 12.2. The molecule has 4 N–H and O–H groups in total. The number of nitrogens with one attached hydrogen (secondary N) is 1. The first-order valence-electron chi connectivity index (χ1n) is 25.3. The summed E-state index contributed by atoms with van der Waals surface area (Å²) in [4.78, 5) is 28.1. The molecule has 3 heterocycles. The van der Waals surface area contributed by atoms with Gasteiger partial charge in [0.15, 0.2) is 11.8 Å². The molecule has 22 nitrogen and oxygen atoms in total. The Labute approximate surface area is 505 Å². The van der Waals surface area contributed by atoms with Crippen LogP contribution in [0.15, 0.2) is 152 Å². The third kappa shape index (κ3) is 27.4. The van der Waals surface area contributed by atoms with Crippen molar-refractivity contribution in [2.24, 2.45) is 20.0 Å². The molecule has 37 heteroatoms. The average Bonchev–Trinajstić information content (AvgIpc) is 1.67. The molecule has 0 spiro atoms. The minimum absolute atomic E-state index is 0.000139. The fourth-order valence-electron chi connectivity index (χ4n) is 7.66. The highest BCUT2D eigenvalue weighted by atomic mass is 19.4. The maximum Gasteiger partial charge on any atom is 0.610 e. The molecule has 0 fully saturated rings. The van der Waals surface area contributed by atoms with E-state index in [1.54, 1.807) is 30.4 Å². The Hall–Kier alpha value is -9.56.